The van der Waals surface area contributed by atoms with E-state index < -0.39 is 5.92 Å². The van der Waals surface area contributed by atoms with Crippen molar-refractivity contribution in [2.45, 2.75) is 96.8 Å². The van der Waals surface area contributed by atoms with E-state index in [1.54, 1.807) is 0 Å². The Morgan fingerprint density at radius 3 is 1.69 bits per heavy atom. The summed E-state index contributed by atoms with van der Waals surface area (Å²) in [5.74, 6) is -0.179. The van der Waals surface area contributed by atoms with Crippen molar-refractivity contribution in [3.05, 3.63) is 26.0 Å². The van der Waals surface area contributed by atoms with Crippen LogP contribution in [-0.4, -0.2) is 76.0 Å². The maximum absolute atomic E-state index is 13.9. The fourth-order valence-electron chi connectivity index (χ4n) is 5.41. The number of aliphatic hydroxyl groups excluding tert-OH is 1. The number of Topliss-reactive ketones (excluding diaryl/α,β-unsaturated/α-hetero) is 1. The molecule has 2 aliphatic heterocycles. The van der Waals surface area contributed by atoms with Gasteiger partial charge >= 0.3 is 228 Å². The number of aromatic nitrogens is 2. The number of hydrogen-bond acceptors (Lipinski definition) is 6. The number of carbonyl (C=O) groups excluding carboxylic acids is 1. The van der Waals surface area contributed by atoms with Crippen molar-refractivity contribution in [2.75, 3.05) is 36.0 Å². The molecule has 2 aromatic heterocycles. The predicted molar refractivity (Wildman–Crippen MR) is 149 cm³/mol. The van der Waals surface area contributed by atoms with Crippen LogP contribution in [0.4, 0.5) is 9.38 Å². The first-order chi connectivity index (χ1) is 17.0. The van der Waals surface area contributed by atoms with Crippen LogP contribution in [0.1, 0.15) is 106 Å². The van der Waals surface area contributed by atoms with Crippen LogP contribution in [0.15, 0.2) is 5.76 Å². The Bertz CT molecular complexity index is 1170. The van der Waals surface area contributed by atoms with E-state index in [4.69, 9.17) is 9.97 Å². The van der Waals surface area contributed by atoms with Crippen molar-refractivity contribution in [3.63, 3.8) is 0 Å². The molecule has 1 atom stereocenters. The van der Waals surface area contributed by atoms with Crippen molar-refractivity contribution >= 4 is 49.7 Å². The van der Waals surface area contributed by atoms with Crippen LogP contribution in [-0.2, 0) is 15.6 Å². The number of rotatable bonds is 4. The molecule has 2 saturated heterocycles. The Hall–Kier alpha value is -1.33. The summed E-state index contributed by atoms with van der Waals surface area (Å²) in [6.07, 6.45) is 7.39. The average molecular weight is 623 g/mol. The van der Waals surface area contributed by atoms with Crippen molar-refractivity contribution in [3.8, 4) is 0 Å². The van der Waals surface area contributed by atoms with Gasteiger partial charge in [-0.1, -0.05) is 0 Å². The Kier molecular flexibility index (Phi) is 7.13. The van der Waals surface area contributed by atoms with Gasteiger partial charge < -0.3 is 0 Å². The third-order valence-electron chi connectivity index (χ3n) is 7.46. The number of carbonyl (C=O) groups is 1. The Morgan fingerprint density at radius 1 is 0.750 bits per heavy atom. The number of aliphatic hydroxyl groups is 1. The Balaban J connectivity index is 1.54. The second-order valence-corrected chi connectivity index (χ2v) is 16.7. The molecule has 0 spiro atoms. The summed E-state index contributed by atoms with van der Waals surface area (Å²) in [4.78, 5) is 28.9. The molecule has 5 rings (SSSR count). The molecule has 2 aromatic rings. The van der Waals surface area contributed by atoms with Gasteiger partial charge in [-0.2, -0.15) is 0 Å². The maximum atomic E-state index is 13.9. The molecule has 0 amide bonds. The molecular weight excluding hydrogens is 582 g/mol. The van der Waals surface area contributed by atoms with Crippen molar-refractivity contribution < 1.29 is 9.90 Å². The van der Waals surface area contributed by atoms with Crippen LogP contribution in [0.3, 0.4) is 0 Å². The van der Waals surface area contributed by atoms with E-state index in [1.807, 2.05) is 0 Å². The van der Waals surface area contributed by atoms with Crippen molar-refractivity contribution in [1.29, 1.82) is 0 Å². The molecule has 1 aliphatic carbocycles. The van der Waals surface area contributed by atoms with E-state index in [0.29, 0.717) is 5.57 Å². The van der Waals surface area contributed by atoms with Crippen molar-refractivity contribution in [2.24, 2.45) is 0 Å². The van der Waals surface area contributed by atoms with E-state index in [0.717, 1.165) is 55.8 Å². The summed E-state index contributed by atoms with van der Waals surface area (Å²) in [5, 5.41) is 11.5. The molecule has 4 heterocycles. The van der Waals surface area contributed by atoms with Crippen LogP contribution in [0.2, 0.25) is 0 Å². The minimum absolute atomic E-state index is 0.0304. The SMILES string of the molecule is CC(C)(C)c1nc(N2CCCCC2)[se]c1C1=C(O)C(c2[se]c(N3CCCCC3)nc2C(C)(C)C)C1=O. The summed E-state index contributed by atoms with van der Waals surface area (Å²) in [7, 11) is 0. The molecule has 2 fully saturated rings. The average Bonchev–Trinajstić information content (AvgIpc) is 3.46. The second kappa shape index (κ2) is 9.76. The molecule has 8 heteroatoms. The monoisotopic (exact) mass is 624 g/mol. The number of allylic oxidation sites excluding steroid dienone is 2. The fraction of sp³-hybridized carbons (Fsp3) is 0.679. The molecule has 6 nitrogen and oxygen atoms in total. The third-order valence-corrected chi connectivity index (χ3v) is 12.3. The normalized spacial score (nSPS) is 21.8. The van der Waals surface area contributed by atoms with Gasteiger partial charge in [0.25, 0.3) is 0 Å². The van der Waals surface area contributed by atoms with Gasteiger partial charge in [-0.05, 0) is 0 Å². The summed E-state index contributed by atoms with van der Waals surface area (Å²) in [5.41, 5.74) is 2.22. The molecule has 0 bridgehead atoms. The van der Waals surface area contributed by atoms with Crippen LogP contribution >= 0.6 is 0 Å². The number of piperidine rings is 2. The van der Waals surface area contributed by atoms with Crippen molar-refractivity contribution in [1.82, 2.24) is 9.97 Å². The summed E-state index contributed by atoms with van der Waals surface area (Å²) < 4.78 is 4.36. The van der Waals surface area contributed by atoms with Gasteiger partial charge in [-0.25, -0.2) is 0 Å². The van der Waals surface area contributed by atoms with Gasteiger partial charge in [0.2, 0.25) is 0 Å². The van der Waals surface area contributed by atoms with Gasteiger partial charge in [0.1, 0.15) is 0 Å². The zero-order valence-corrected chi connectivity index (χ0v) is 26.0. The van der Waals surface area contributed by atoms with Gasteiger partial charge in [0, 0.05) is 0 Å². The molecule has 36 heavy (non-hydrogen) atoms. The standard InChI is InChI=1S/C28H40N4O2Se2/c1-27(2,3)23-21(35-25(29-23)31-13-9-7-10-14-31)17-19(33)18(20(17)34)22-24(28(4,5)6)30-26(36-22)32-15-11-8-12-16-32/h17,33H,7-16H2,1-6H3. The first-order valence-corrected chi connectivity index (χ1v) is 16.9. The zero-order valence-electron chi connectivity index (χ0n) is 22.6. The van der Waals surface area contributed by atoms with Gasteiger partial charge in [0.15, 0.2) is 0 Å². The molecular formula is C28H40N4O2Se2. The summed E-state index contributed by atoms with van der Waals surface area (Å²) >= 11 is -0.0846. The minimum atomic E-state index is -0.524. The zero-order chi connectivity index (χ0) is 25.8. The summed E-state index contributed by atoms with van der Waals surface area (Å²) in [6, 6.07) is 0. The first kappa shape index (κ1) is 26.3. The molecule has 196 valence electrons. The Labute approximate surface area is 227 Å². The predicted octanol–water partition coefficient (Wildman–Crippen LogP) is 4.80. The van der Waals surface area contributed by atoms with Crippen LogP contribution in [0, 0.1) is 0 Å². The van der Waals surface area contributed by atoms with Crippen LogP contribution in [0.25, 0.3) is 5.57 Å². The number of nitrogens with zero attached hydrogens (tertiary/aromatic N) is 4. The summed E-state index contributed by atoms with van der Waals surface area (Å²) in [6.45, 7) is 17.2. The molecule has 0 saturated carbocycles. The van der Waals surface area contributed by atoms with E-state index in [2.05, 4.69) is 51.3 Å². The quantitative estimate of drug-likeness (QED) is 0.495. The van der Waals surface area contributed by atoms with Gasteiger partial charge in [-0.3, -0.25) is 0 Å². The van der Waals surface area contributed by atoms with E-state index in [9.17, 15) is 9.90 Å². The Morgan fingerprint density at radius 2 is 1.22 bits per heavy atom. The van der Waals surface area contributed by atoms with Crippen LogP contribution < -0.4 is 9.80 Å². The molecule has 0 radical (unpaired) electrons. The third kappa shape index (κ3) is 4.79. The van der Waals surface area contributed by atoms with E-state index >= 15 is 0 Å². The second-order valence-electron chi connectivity index (χ2n) is 12.5. The molecule has 1 unspecified atom stereocenters. The number of hydrogen-bond donors (Lipinski definition) is 1. The van der Waals surface area contributed by atoms with Gasteiger partial charge in [-0.15, -0.1) is 0 Å². The number of ketones is 1. The van der Waals surface area contributed by atoms with Crippen LogP contribution in [0.5, 0.6) is 0 Å². The first-order valence-electron chi connectivity index (χ1n) is 13.5. The molecule has 1 N–H and O–H groups in total. The van der Waals surface area contributed by atoms with E-state index in [1.165, 1.54) is 38.5 Å². The fourth-order valence-corrected chi connectivity index (χ4v) is 11.3. The molecule has 0 aromatic carbocycles. The number of anilines is 2. The topological polar surface area (TPSA) is 69.6 Å². The van der Waals surface area contributed by atoms with E-state index in [-0.39, 0.29) is 51.4 Å². The molecule has 3 aliphatic rings. The van der Waals surface area contributed by atoms with Gasteiger partial charge in [0.05, 0.1) is 0 Å².